The predicted octanol–water partition coefficient (Wildman–Crippen LogP) is 2.57. The van der Waals surface area contributed by atoms with Gasteiger partial charge in [-0.25, -0.2) is 9.37 Å². The SMILES string of the molecule is NCCc1csc(CCc2ccccc2F)n1. The van der Waals surface area contributed by atoms with E-state index in [2.05, 4.69) is 4.98 Å². The van der Waals surface area contributed by atoms with Crippen LogP contribution < -0.4 is 5.73 Å². The summed E-state index contributed by atoms with van der Waals surface area (Å²) in [5, 5.41) is 3.08. The molecular weight excluding hydrogens is 235 g/mol. The van der Waals surface area contributed by atoms with E-state index in [9.17, 15) is 4.39 Å². The molecule has 0 saturated heterocycles. The van der Waals surface area contributed by atoms with Crippen LogP contribution in [-0.2, 0) is 19.3 Å². The van der Waals surface area contributed by atoms with E-state index in [0.717, 1.165) is 29.1 Å². The molecule has 90 valence electrons. The van der Waals surface area contributed by atoms with Gasteiger partial charge in [0.1, 0.15) is 5.82 Å². The Labute approximate surface area is 104 Å². The summed E-state index contributed by atoms with van der Waals surface area (Å²) in [5.74, 6) is -0.133. The maximum absolute atomic E-state index is 13.4. The fourth-order valence-electron chi connectivity index (χ4n) is 1.67. The van der Waals surface area contributed by atoms with Crippen molar-refractivity contribution in [2.45, 2.75) is 19.3 Å². The van der Waals surface area contributed by atoms with Gasteiger partial charge in [0.25, 0.3) is 0 Å². The van der Waals surface area contributed by atoms with Crippen LogP contribution in [0.15, 0.2) is 29.6 Å². The summed E-state index contributed by atoms with van der Waals surface area (Å²) < 4.78 is 13.4. The zero-order valence-electron chi connectivity index (χ0n) is 9.53. The topological polar surface area (TPSA) is 38.9 Å². The minimum atomic E-state index is -0.133. The second kappa shape index (κ2) is 5.89. The molecule has 0 atom stereocenters. The third-order valence-electron chi connectivity index (χ3n) is 2.57. The molecule has 0 saturated carbocycles. The molecule has 0 bridgehead atoms. The molecule has 0 spiro atoms. The van der Waals surface area contributed by atoms with Gasteiger partial charge in [0.05, 0.1) is 10.7 Å². The normalized spacial score (nSPS) is 10.7. The van der Waals surface area contributed by atoms with Gasteiger partial charge in [-0.05, 0) is 24.6 Å². The number of nitrogens with two attached hydrogens (primary N) is 1. The van der Waals surface area contributed by atoms with Gasteiger partial charge in [-0.2, -0.15) is 0 Å². The molecule has 1 aromatic carbocycles. The van der Waals surface area contributed by atoms with E-state index < -0.39 is 0 Å². The molecule has 2 aromatic rings. The van der Waals surface area contributed by atoms with Crippen molar-refractivity contribution < 1.29 is 4.39 Å². The Morgan fingerprint density at radius 1 is 1.18 bits per heavy atom. The summed E-state index contributed by atoms with van der Waals surface area (Å²) in [6.45, 7) is 0.622. The fraction of sp³-hybridized carbons (Fsp3) is 0.308. The van der Waals surface area contributed by atoms with Crippen LogP contribution >= 0.6 is 11.3 Å². The van der Waals surface area contributed by atoms with E-state index in [0.29, 0.717) is 13.0 Å². The van der Waals surface area contributed by atoms with Crippen LogP contribution in [0, 0.1) is 5.82 Å². The molecule has 0 aliphatic carbocycles. The standard InChI is InChI=1S/C13H15FN2S/c14-12-4-2-1-3-10(12)5-6-13-16-11(7-8-15)9-17-13/h1-4,9H,5-8,15H2. The first-order valence-electron chi connectivity index (χ1n) is 5.66. The van der Waals surface area contributed by atoms with Gasteiger partial charge in [0.2, 0.25) is 0 Å². The van der Waals surface area contributed by atoms with Gasteiger partial charge in [-0.3, -0.25) is 0 Å². The lowest BCUT2D eigenvalue weighted by atomic mass is 10.1. The number of rotatable bonds is 5. The van der Waals surface area contributed by atoms with Crippen LogP contribution in [0.4, 0.5) is 4.39 Å². The highest BCUT2D eigenvalue weighted by molar-refractivity contribution is 7.09. The number of halogens is 1. The van der Waals surface area contributed by atoms with Crippen LogP contribution in [0.2, 0.25) is 0 Å². The number of aryl methyl sites for hydroxylation is 2. The molecule has 4 heteroatoms. The molecule has 0 radical (unpaired) electrons. The second-order valence-corrected chi connectivity index (χ2v) is 4.81. The van der Waals surface area contributed by atoms with E-state index in [1.54, 1.807) is 17.4 Å². The van der Waals surface area contributed by atoms with E-state index in [4.69, 9.17) is 5.73 Å². The first-order chi connectivity index (χ1) is 8.29. The van der Waals surface area contributed by atoms with Crippen molar-refractivity contribution in [1.29, 1.82) is 0 Å². The Bertz CT molecular complexity index is 482. The van der Waals surface area contributed by atoms with Gasteiger partial charge < -0.3 is 5.73 Å². The van der Waals surface area contributed by atoms with E-state index in [1.165, 1.54) is 6.07 Å². The summed E-state index contributed by atoms with van der Waals surface area (Å²) in [6, 6.07) is 6.89. The van der Waals surface area contributed by atoms with Crippen molar-refractivity contribution in [2.75, 3.05) is 6.54 Å². The van der Waals surface area contributed by atoms with Crippen molar-refractivity contribution >= 4 is 11.3 Å². The summed E-state index contributed by atoms with van der Waals surface area (Å²) in [6.07, 6.45) is 2.30. The fourth-order valence-corrected chi connectivity index (χ4v) is 2.50. The Balaban J connectivity index is 1.95. The van der Waals surface area contributed by atoms with Crippen molar-refractivity contribution in [3.8, 4) is 0 Å². The summed E-state index contributed by atoms with van der Waals surface area (Å²) in [7, 11) is 0. The van der Waals surface area contributed by atoms with E-state index >= 15 is 0 Å². The van der Waals surface area contributed by atoms with Crippen molar-refractivity contribution in [3.05, 3.63) is 51.7 Å². The minimum Gasteiger partial charge on any atom is -0.330 e. The number of hydrogen-bond acceptors (Lipinski definition) is 3. The molecule has 0 aliphatic rings. The zero-order valence-corrected chi connectivity index (χ0v) is 10.3. The maximum atomic E-state index is 13.4. The summed E-state index contributed by atoms with van der Waals surface area (Å²) in [5.41, 5.74) is 7.27. The molecule has 17 heavy (non-hydrogen) atoms. The van der Waals surface area contributed by atoms with Crippen LogP contribution in [-0.4, -0.2) is 11.5 Å². The lowest BCUT2D eigenvalue weighted by molar-refractivity contribution is 0.608. The molecule has 2 rings (SSSR count). The van der Waals surface area contributed by atoms with Gasteiger partial charge in [-0.15, -0.1) is 11.3 Å². The second-order valence-electron chi connectivity index (χ2n) is 3.86. The number of nitrogens with zero attached hydrogens (tertiary/aromatic N) is 1. The van der Waals surface area contributed by atoms with Crippen LogP contribution in [0.1, 0.15) is 16.3 Å². The lowest BCUT2D eigenvalue weighted by Crippen LogP contribution is -2.03. The minimum absolute atomic E-state index is 0.133. The first-order valence-corrected chi connectivity index (χ1v) is 6.54. The molecule has 1 aromatic heterocycles. The summed E-state index contributed by atoms with van der Waals surface area (Å²) in [4.78, 5) is 4.46. The van der Waals surface area contributed by atoms with Gasteiger partial charge in [-0.1, -0.05) is 18.2 Å². The summed E-state index contributed by atoms with van der Waals surface area (Å²) >= 11 is 1.63. The number of thiazole rings is 1. The highest BCUT2D eigenvalue weighted by atomic mass is 32.1. The average Bonchev–Trinajstić information content (AvgIpc) is 2.76. The molecule has 1 heterocycles. The Morgan fingerprint density at radius 3 is 2.76 bits per heavy atom. The molecule has 0 unspecified atom stereocenters. The number of hydrogen-bond donors (Lipinski definition) is 1. The van der Waals surface area contributed by atoms with Crippen molar-refractivity contribution in [3.63, 3.8) is 0 Å². The molecule has 2 N–H and O–H groups in total. The Kier molecular flexibility index (Phi) is 4.23. The zero-order chi connectivity index (χ0) is 12.1. The Morgan fingerprint density at radius 2 is 2.00 bits per heavy atom. The van der Waals surface area contributed by atoms with Gasteiger partial charge in [0, 0.05) is 18.2 Å². The third-order valence-corrected chi connectivity index (χ3v) is 3.52. The van der Waals surface area contributed by atoms with Gasteiger partial charge >= 0.3 is 0 Å². The number of benzene rings is 1. The third kappa shape index (κ3) is 3.35. The smallest absolute Gasteiger partial charge is 0.126 e. The first kappa shape index (κ1) is 12.2. The Hall–Kier alpha value is -1.26. The van der Waals surface area contributed by atoms with Crippen LogP contribution in [0.25, 0.3) is 0 Å². The predicted molar refractivity (Wildman–Crippen MR) is 68.7 cm³/mol. The van der Waals surface area contributed by atoms with E-state index in [-0.39, 0.29) is 5.82 Å². The molecule has 2 nitrogen and oxygen atoms in total. The molecule has 0 amide bonds. The monoisotopic (exact) mass is 250 g/mol. The largest absolute Gasteiger partial charge is 0.330 e. The average molecular weight is 250 g/mol. The lowest BCUT2D eigenvalue weighted by Gasteiger charge is -2.00. The maximum Gasteiger partial charge on any atom is 0.126 e. The molecule has 0 aliphatic heterocycles. The highest BCUT2D eigenvalue weighted by Crippen LogP contribution is 2.14. The van der Waals surface area contributed by atoms with Gasteiger partial charge in [0.15, 0.2) is 0 Å². The van der Waals surface area contributed by atoms with E-state index in [1.807, 2.05) is 17.5 Å². The highest BCUT2D eigenvalue weighted by Gasteiger charge is 2.04. The quantitative estimate of drug-likeness (QED) is 0.885. The molecule has 0 fully saturated rings. The van der Waals surface area contributed by atoms with Crippen molar-refractivity contribution in [1.82, 2.24) is 4.98 Å². The number of aromatic nitrogens is 1. The van der Waals surface area contributed by atoms with Crippen LogP contribution in [0.5, 0.6) is 0 Å². The molecular formula is C13H15FN2S. The van der Waals surface area contributed by atoms with Crippen LogP contribution in [0.3, 0.4) is 0 Å². The van der Waals surface area contributed by atoms with Crippen molar-refractivity contribution in [2.24, 2.45) is 5.73 Å².